The predicted octanol–water partition coefficient (Wildman–Crippen LogP) is 0.729. The van der Waals surface area contributed by atoms with E-state index in [0.29, 0.717) is 6.61 Å². The largest absolute Gasteiger partial charge is 0.464 e. The number of hydrogen-bond acceptors (Lipinski definition) is 4. The standard InChI is InChI=1S/C9H18O4/c1-2-3-4-6-13-9(11)8-12-7-5-10/h10H,2-8H2,1H3. The molecule has 0 spiro atoms. The van der Waals surface area contributed by atoms with Gasteiger partial charge in [-0.2, -0.15) is 0 Å². The molecule has 0 saturated carbocycles. The summed E-state index contributed by atoms with van der Waals surface area (Å²) in [4.78, 5) is 10.9. The van der Waals surface area contributed by atoms with Gasteiger partial charge in [-0.05, 0) is 6.42 Å². The molecule has 0 saturated heterocycles. The van der Waals surface area contributed by atoms with Gasteiger partial charge in [-0.3, -0.25) is 0 Å². The molecule has 0 rings (SSSR count). The SMILES string of the molecule is CCCCCOC(=O)COCCO. The van der Waals surface area contributed by atoms with Crippen molar-refractivity contribution in [2.45, 2.75) is 26.2 Å². The van der Waals surface area contributed by atoms with Crippen molar-refractivity contribution in [2.75, 3.05) is 26.4 Å². The summed E-state index contributed by atoms with van der Waals surface area (Å²) < 4.78 is 9.62. The summed E-state index contributed by atoms with van der Waals surface area (Å²) in [5.41, 5.74) is 0. The van der Waals surface area contributed by atoms with E-state index in [1.165, 1.54) is 0 Å². The van der Waals surface area contributed by atoms with Crippen LogP contribution in [-0.4, -0.2) is 37.5 Å². The molecule has 13 heavy (non-hydrogen) atoms. The van der Waals surface area contributed by atoms with Crippen molar-refractivity contribution in [3.63, 3.8) is 0 Å². The lowest BCUT2D eigenvalue weighted by Gasteiger charge is -2.04. The molecule has 0 aromatic rings. The molecule has 4 nitrogen and oxygen atoms in total. The third-order valence-electron chi connectivity index (χ3n) is 1.47. The zero-order valence-corrected chi connectivity index (χ0v) is 8.12. The van der Waals surface area contributed by atoms with Gasteiger partial charge in [0, 0.05) is 0 Å². The first-order valence-corrected chi connectivity index (χ1v) is 4.65. The van der Waals surface area contributed by atoms with Gasteiger partial charge in [0.25, 0.3) is 0 Å². The first-order chi connectivity index (χ1) is 6.31. The van der Waals surface area contributed by atoms with Crippen LogP contribution in [0.5, 0.6) is 0 Å². The monoisotopic (exact) mass is 190 g/mol. The average Bonchev–Trinajstić information content (AvgIpc) is 2.13. The Morgan fingerprint density at radius 1 is 1.31 bits per heavy atom. The topological polar surface area (TPSA) is 55.8 Å². The number of aliphatic hydroxyl groups excluding tert-OH is 1. The smallest absolute Gasteiger partial charge is 0.332 e. The minimum Gasteiger partial charge on any atom is -0.464 e. The molecular formula is C9H18O4. The maximum atomic E-state index is 10.9. The molecule has 0 radical (unpaired) electrons. The number of carbonyl (C=O) groups excluding carboxylic acids is 1. The van der Waals surface area contributed by atoms with Crippen LogP contribution in [0.1, 0.15) is 26.2 Å². The first-order valence-electron chi connectivity index (χ1n) is 4.65. The maximum Gasteiger partial charge on any atom is 0.332 e. The van der Waals surface area contributed by atoms with Crippen molar-refractivity contribution < 1.29 is 19.4 Å². The van der Waals surface area contributed by atoms with Crippen LogP contribution in [-0.2, 0) is 14.3 Å². The van der Waals surface area contributed by atoms with Crippen LogP contribution in [0, 0.1) is 0 Å². The molecule has 1 N–H and O–H groups in total. The third-order valence-corrected chi connectivity index (χ3v) is 1.47. The van der Waals surface area contributed by atoms with E-state index in [0.717, 1.165) is 19.3 Å². The zero-order chi connectivity index (χ0) is 9.94. The Morgan fingerprint density at radius 3 is 2.69 bits per heavy atom. The Balaban J connectivity index is 3.11. The molecule has 0 aromatic heterocycles. The second-order valence-electron chi connectivity index (χ2n) is 2.70. The molecule has 0 unspecified atom stereocenters. The fraction of sp³-hybridized carbons (Fsp3) is 0.889. The Labute approximate surface area is 78.8 Å². The number of hydrogen-bond donors (Lipinski definition) is 1. The van der Waals surface area contributed by atoms with E-state index >= 15 is 0 Å². The van der Waals surface area contributed by atoms with Gasteiger partial charge in [-0.25, -0.2) is 4.79 Å². The van der Waals surface area contributed by atoms with Gasteiger partial charge in [-0.1, -0.05) is 19.8 Å². The molecule has 0 atom stereocenters. The highest BCUT2D eigenvalue weighted by atomic mass is 16.6. The lowest BCUT2D eigenvalue weighted by molar-refractivity contribution is -0.149. The van der Waals surface area contributed by atoms with Crippen LogP contribution >= 0.6 is 0 Å². The van der Waals surface area contributed by atoms with Gasteiger partial charge in [0.05, 0.1) is 19.8 Å². The molecule has 78 valence electrons. The Kier molecular flexibility index (Phi) is 9.03. The second kappa shape index (κ2) is 9.48. The molecule has 0 aromatic carbocycles. The molecule has 0 amide bonds. The average molecular weight is 190 g/mol. The number of unbranched alkanes of at least 4 members (excludes halogenated alkanes) is 2. The highest BCUT2D eigenvalue weighted by Gasteiger charge is 2.01. The van der Waals surface area contributed by atoms with Gasteiger partial charge >= 0.3 is 5.97 Å². The lowest BCUT2D eigenvalue weighted by atomic mass is 10.3. The first kappa shape index (κ1) is 12.4. The van der Waals surface area contributed by atoms with Crippen molar-refractivity contribution in [3.05, 3.63) is 0 Å². The summed E-state index contributed by atoms with van der Waals surface area (Å²) >= 11 is 0. The molecule has 0 aliphatic rings. The molecule has 0 bridgehead atoms. The van der Waals surface area contributed by atoms with Crippen molar-refractivity contribution >= 4 is 5.97 Å². The van der Waals surface area contributed by atoms with E-state index < -0.39 is 0 Å². The fourth-order valence-corrected chi connectivity index (χ4v) is 0.800. The van der Waals surface area contributed by atoms with E-state index in [9.17, 15) is 4.79 Å². The summed E-state index contributed by atoms with van der Waals surface area (Å²) in [7, 11) is 0. The highest BCUT2D eigenvalue weighted by molar-refractivity contribution is 5.70. The van der Waals surface area contributed by atoms with Crippen LogP contribution in [0.15, 0.2) is 0 Å². The summed E-state index contributed by atoms with van der Waals surface area (Å²) in [6.07, 6.45) is 3.09. The van der Waals surface area contributed by atoms with E-state index in [-0.39, 0.29) is 25.8 Å². The Morgan fingerprint density at radius 2 is 2.08 bits per heavy atom. The van der Waals surface area contributed by atoms with Gasteiger partial charge in [0.15, 0.2) is 0 Å². The van der Waals surface area contributed by atoms with Gasteiger partial charge < -0.3 is 14.6 Å². The van der Waals surface area contributed by atoms with Crippen LogP contribution in [0.25, 0.3) is 0 Å². The summed E-state index contributed by atoms with van der Waals surface area (Å²) in [5, 5.41) is 8.35. The fourth-order valence-electron chi connectivity index (χ4n) is 0.800. The lowest BCUT2D eigenvalue weighted by Crippen LogP contribution is -2.14. The number of aliphatic hydroxyl groups is 1. The van der Waals surface area contributed by atoms with E-state index in [2.05, 4.69) is 6.92 Å². The van der Waals surface area contributed by atoms with E-state index in [1.807, 2.05) is 0 Å². The van der Waals surface area contributed by atoms with Crippen LogP contribution in [0.4, 0.5) is 0 Å². The predicted molar refractivity (Wildman–Crippen MR) is 48.4 cm³/mol. The number of ether oxygens (including phenoxy) is 2. The number of esters is 1. The second-order valence-corrected chi connectivity index (χ2v) is 2.70. The van der Waals surface area contributed by atoms with Crippen LogP contribution in [0.3, 0.4) is 0 Å². The van der Waals surface area contributed by atoms with Crippen molar-refractivity contribution in [2.24, 2.45) is 0 Å². The molecule has 4 heteroatoms. The molecule has 0 aliphatic heterocycles. The normalized spacial score (nSPS) is 10.0. The zero-order valence-electron chi connectivity index (χ0n) is 8.12. The van der Waals surface area contributed by atoms with Crippen molar-refractivity contribution in [3.8, 4) is 0 Å². The minimum absolute atomic E-state index is 0.0628. The van der Waals surface area contributed by atoms with Gasteiger partial charge in [-0.15, -0.1) is 0 Å². The van der Waals surface area contributed by atoms with E-state index in [4.69, 9.17) is 14.6 Å². The number of rotatable bonds is 8. The van der Waals surface area contributed by atoms with Crippen molar-refractivity contribution in [1.29, 1.82) is 0 Å². The molecule has 0 heterocycles. The Hall–Kier alpha value is -0.610. The van der Waals surface area contributed by atoms with Crippen molar-refractivity contribution in [1.82, 2.24) is 0 Å². The Bertz CT molecular complexity index is 125. The molecule has 0 aliphatic carbocycles. The van der Waals surface area contributed by atoms with Gasteiger partial charge in [0.2, 0.25) is 0 Å². The molecule has 0 fully saturated rings. The summed E-state index contributed by atoms with van der Waals surface area (Å²) in [5.74, 6) is -0.357. The minimum atomic E-state index is -0.357. The van der Waals surface area contributed by atoms with E-state index in [1.54, 1.807) is 0 Å². The quantitative estimate of drug-likeness (QED) is 0.453. The van der Waals surface area contributed by atoms with Crippen LogP contribution in [0.2, 0.25) is 0 Å². The number of carbonyl (C=O) groups is 1. The summed E-state index contributed by atoms with van der Waals surface area (Å²) in [6, 6.07) is 0. The summed E-state index contributed by atoms with van der Waals surface area (Å²) in [6.45, 7) is 2.61. The maximum absolute atomic E-state index is 10.9. The van der Waals surface area contributed by atoms with Crippen LogP contribution < -0.4 is 0 Å². The highest BCUT2D eigenvalue weighted by Crippen LogP contribution is 1.94. The van der Waals surface area contributed by atoms with Gasteiger partial charge in [0.1, 0.15) is 6.61 Å². The molecular weight excluding hydrogens is 172 g/mol. The third kappa shape index (κ3) is 9.30.